The molecule has 13 heavy (non-hydrogen) atoms. The fraction of sp³-hybridized carbons (Fsp3) is 0.333. The molecular weight excluding hydrogens is 234 g/mol. The van der Waals surface area contributed by atoms with E-state index in [0.717, 1.165) is 10.2 Å². The number of hydrogen-bond donors (Lipinski definition) is 2. The van der Waals surface area contributed by atoms with E-state index in [9.17, 15) is 0 Å². The van der Waals surface area contributed by atoms with Crippen molar-refractivity contribution in [3.05, 3.63) is 28.7 Å². The molecule has 0 saturated heterocycles. The highest BCUT2D eigenvalue weighted by Gasteiger charge is 2.01. The summed E-state index contributed by atoms with van der Waals surface area (Å²) in [6.07, 6.45) is -0.598. The molecule has 0 aliphatic carbocycles. The zero-order chi connectivity index (χ0) is 9.68. The number of rotatable bonds is 4. The predicted molar refractivity (Wildman–Crippen MR) is 54.7 cm³/mol. The van der Waals surface area contributed by atoms with E-state index in [1.165, 1.54) is 0 Å². The fourth-order valence-electron chi connectivity index (χ4n) is 0.817. The summed E-state index contributed by atoms with van der Waals surface area (Å²) >= 11 is 3.32. The SMILES string of the molecule is NCC(O)COc1cccc(Br)c1. The van der Waals surface area contributed by atoms with E-state index in [0.29, 0.717) is 0 Å². The van der Waals surface area contributed by atoms with Crippen LogP contribution in [0.2, 0.25) is 0 Å². The minimum atomic E-state index is -0.598. The average Bonchev–Trinajstić information content (AvgIpc) is 2.14. The van der Waals surface area contributed by atoms with Gasteiger partial charge in [0.2, 0.25) is 0 Å². The molecule has 3 nitrogen and oxygen atoms in total. The Morgan fingerprint density at radius 1 is 1.54 bits per heavy atom. The van der Waals surface area contributed by atoms with Crippen LogP contribution in [0.5, 0.6) is 5.75 Å². The van der Waals surface area contributed by atoms with Gasteiger partial charge in [0.1, 0.15) is 18.5 Å². The second kappa shape index (κ2) is 5.21. The maximum absolute atomic E-state index is 9.13. The van der Waals surface area contributed by atoms with Crippen molar-refractivity contribution in [2.24, 2.45) is 5.73 Å². The molecule has 0 heterocycles. The number of benzene rings is 1. The van der Waals surface area contributed by atoms with E-state index in [-0.39, 0.29) is 13.2 Å². The Morgan fingerprint density at radius 3 is 2.92 bits per heavy atom. The van der Waals surface area contributed by atoms with Crippen LogP contribution in [0.3, 0.4) is 0 Å². The maximum Gasteiger partial charge on any atom is 0.120 e. The largest absolute Gasteiger partial charge is 0.491 e. The number of nitrogens with two attached hydrogens (primary N) is 1. The minimum absolute atomic E-state index is 0.216. The first-order chi connectivity index (χ1) is 6.22. The zero-order valence-corrected chi connectivity index (χ0v) is 8.70. The number of ether oxygens (including phenoxy) is 1. The van der Waals surface area contributed by atoms with E-state index in [1.807, 2.05) is 24.3 Å². The van der Waals surface area contributed by atoms with E-state index in [2.05, 4.69) is 15.9 Å². The van der Waals surface area contributed by atoms with Crippen molar-refractivity contribution in [3.63, 3.8) is 0 Å². The Labute approximate surface area is 85.6 Å². The van der Waals surface area contributed by atoms with Gasteiger partial charge in [0, 0.05) is 11.0 Å². The van der Waals surface area contributed by atoms with Gasteiger partial charge in [-0.15, -0.1) is 0 Å². The van der Waals surface area contributed by atoms with Gasteiger partial charge in [0.15, 0.2) is 0 Å². The van der Waals surface area contributed by atoms with Gasteiger partial charge in [0.25, 0.3) is 0 Å². The highest BCUT2D eigenvalue weighted by Crippen LogP contribution is 2.17. The lowest BCUT2D eigenvalue weighted by Crippen LogP contribution is -2.26. The molecule has 1 unspecified atom stereocenters. The van der Waals surface area contributed by atoms with Crippen LogP contribution in [0.1, 0.15) is 0 Å². The number of hydrogen-bond acceptors (Lipinski definition) is 3. The van der Waals surface area contributed by atoms with Gasteiger partial charge in [-0.3, -0.25) is 0 Å². The van der Waals surface area contributed by atoms with E-state index >= 15 is 0 Å². The third-order valence-electron chi connectivity index (χ3n) is 1.51. The van der Waals surface area contributed by atoms with Crippen LogP contribution < -0.4 is 10.5 Å². The fourth-order valence-corrected chi connectivity index (χ4v) is 1.20. The van der Waals surface area contributed by atoms with Crippen LogP contribution in [0.15, 0.2) is 28.7 Å². The van der Waals surface area contributed by atoms with Gasteiger partial charge in [-0.05, 0) is 18.2 Å². The Hall–Kier alpha value is -0.580. The van der Waals surface area contributed by atoms with Crippen LogP contribution in [-0.4, -0.2) is 24.4 Å². The Kier molecular flexibility index (Phi) is 4.21. The van der Waals surface area contributed by atoms with E-state index in [1.54, 1.807) is 0 Å². The average molecular weight is 246 g/mol. The van der Waals surface area contributed by atoms with Gasteiger partial charge in [-0.1, -0.05) is 22.0 Å². The molecule has 0 aliphatic heterocycles. The maximum atomic E-state index is 9.13. The molecule has 72 valence electrons. The minimum Gasteiger partial charge on any atom is -0.491 e. The molecule has 4 heteroatoms. The Bertz CT molecular complexity index is 268. The summed E-state index contributed by atoms with van der Waals surface area (Å²) in [6.45, 7) is 0.445. The smallest absolute Gasteiger partial charge is 0.120 e. The lowest BCUT2D eigenvalue weighted by molar-refractivity contribution is 0.114. The quantitative estimate of drug-likeness (QED) is 0.837. The van der Waals surface area contributed by atoms with Crippen molar-refractivity contribution in [2.45, 2.75) is 6.10 Å². The summed E-state index contributed by atoms with van der Waals surface area (Å²) in [4.78, 5) is 0. The number of aliphatic hydroxyl groups excluding tert-OH is 1. The van der Waals surface area contributed by atoms with Crippen molar-refractivity contribution in [3.8, 4) is 5.75 Å². The monoisotopic (exact) mass is 245 g/mol. The summed E-state index contributed by atoms with van der Waals surface area (Å²) in [5.74, 6) is 0.724. The van der Waals surface area contributed by atoms with Crippen LogP contribution in [0.4, 0.5) is 0 Å². The van der Waals surface area contributed by atoms with Crippen LogP contribution >= 0.6 is 15.9 Å². The molecule has 1 atom stereocenters. The first-order valence-electron chi connectivity index (χ1n) is 3.99. The first kappa shape index (κ1) is 10.5. The summed E-state index contributed by atoms with van der Waals surface area (Å²) < 4.78 is 6.23. The molecular formula is C9H12BrNO2. The molecule has 0 radical (unpaired) electrons. The van der Waals surface area contributed by atoms with Crippen molar-refractivity contribution in [1.82, 2.24) is 0 Å². The first-order valence-corrected chi connectivity index (χ1v) is 4.78. The Morgan fingerprint density at radius 2 is 2.31 bits per heavy atom. The van der Waals surface area contributed by atoms with Crippen LogP contribution in [0.25, 0.3) is 0 Å². The molecule has 1 rings (SSSR count). The second-order valence-corrected chi connectivity index (χ2v) is 3.57. The molecule has 3 N–H and O–H groups in total. The standard InChI is InChI=1S/C9H12BrNO2/c10-7-2-1-3-9(4-7)13-6-8(12)5-11/h1-4,8,12H,5-6,11H2. The van der Waals surface area contributed by atoms with E-state index in [4.69, 9.17) is 15.6 Å². The topological polar surface area (TPSA) is 55.5 Å². The highest BCUT2D eigenvalue weighted by atomic mass is 79.9. The van der Waals surface area contributed by atoms with Crippen molar-refractivity contribution >= 4 is 15.9 Å². The zero-order valence-electron chi connectivity index (χ0n) is 7.11. The van der Waals surface area contributed by atoms with Gasteiger partial charge in [-0.25, -0.2) is 0 Å². The molecule has 0 bridgehead atoms. The summed E-state index contributed by atoms with van der Waals surface area (Å²) in [5, 5.41) is 9.13. The summed E-state index contributed by atoms with van der Waals surface area (Å²) in [5.41, 5.74) is 5.23. The van der Waals surface area contributed by atoms with Crippen molar-refractivity contribution in [2.75, 3.05) is 13.2 Å². The Balaban J connectivity index is 2.45. The molecule has 0 amide bonds. The lowest BCUT2D eigenvalue weighted by atomic mass is 10.3. The molecule has 0 aromatic heterocycles. The third kappa shape index (κ3) is 3.76. The molecule has 0 spiro atoms. The van der Waals surface area contributed by atoms with Gasteiger partial charge < -0.3 is 15.6 Å². The summed E-state index contributed by atoms with van der Waals surface area (Å²) in [7, 11) is 0. The molecule has 0 fully saturated rings. The lowest BCUT2D eigenvalue weighted by Gasteiger charge is -2.09. The third-order valence-corrected chi connectivity index (χ3v) is 2.00. The molecule has 1 aromatic carbocycles. The number of halogens is 1. The van der Waals surface area contributed by atoms with Crippen molar-refractivity contribution in [1.29, 1.82) is 0 Å². The number of aliphatic hydroxyl groups is 1. The highest BCUT2D eigenvalue weighted by molar-refractivity contribution is 9.10. The van der Waals surface area contributed by atoms with Crippen LogP contribution in [0, 0.1) is 0 Å². The second-order valence-electron chi connectivity index (χ2n) is 2.66. The predicted octanol–water partition coefficient (Wildman–Crippen LogP) is 1.15. The van der Waals surface area contributed by atoms with Crippen LogP contribution in [-0.2, 0) is 0 Å². The molecule has 1 aromatic rings. The van der Waals surface area contributed by atoms with Crippen molar-refractivity contribution < 1.29 is 9.84 Å². The van der Waals surface area contributed by atoms with Gasteiger partial charge >= 0.3 is 0 Å². The van der Waals surface area contributed by atoms with Gasteiger partial charge in [-0.2, -0.15) is 0 Å². The molecule has 0 saturated carbocycles. The van der Waals surface area contributed by atoms with E-state index < -0.39 is 6.10 Å². The summed E-state index contributed by atoms with van der Waals surface area (Å²) in [6, 6.07) is 7.44. The normalized spacial score (nSPS) is 12.5. The molecule has 0 aliphatic rings. The van der Waals surface area contributed by atoms with Gasteiger partial charge in [0.05, 0.1) is 0 Å².